The highest BCUT2D eigenvalue weighted by Gasteiger charge is 2.24. The first kappa shape index (κ1) is 15.4. The first-order valence-corrected chi connectivity index (χ1v) is 6.99. The van der Waals surface area contributed by atoms with Crippen LogP contribution in [0, 0.1) is 11.6 Å². The third kappa shape index (κ3) is 3.53. The molecule has 112 valence electrons. The fourth-order valence-corrected chi connectivity index (χ4v) is 2.74. The van der Waals surface area contributed by atoms with Gasteiger partial charge in [0.1, 0.15) is 0 Å². The maximum atomic E-state index is 13.6. The predicted octanol–water partition coefficient (Wildman–Crippen LogP) is 2.02. The molecule has 1 fully saturated rings. The van der Waals surface area contributed by atoms with E-state index in [-0.39, 0.29) is 5.56 Å². The Morgan fingerprint density at radius 2 is 2.15 bits per heavy atom. The van der Waals surface area contributed by atoms with Crippen LogP contribution in [0.2, 0.25) is 0 Å². The van der Waals surface area contributed by atoms with Crippen LogP contribution in [0.3, 0.4) is 0 Å². The SMILES string of the molecule is CN(C)C1CCCN(CC(O)c2cccc(F)c2F)C1. The third-order valence-corrected chi connectivity index (χ3v) is 3.98. The molecule has 20 heavy (non-hydrogen) atoms. The summed E-state index contributed by atoms with van der Waals surface area (Å²) in [6, 6.07) is 4.38. The van der Waals surface area contributed by atoms with Gasteiger partial charge in [0.05, 0.1) is 6.10 Å². The number of aliphatic hydroxyl groups excluding tert-OH is 1. The molecule has 0 aromatic heterocycles. The molecule has 0 bridgehead atoms. The van der Waals surface area contributed by atoms with Crippen molar-refractivity contribution in [3.8, 4) is 0 Å². The fourth-order valence-electron chi connectivity index (χ4n) is 2.74. The molecule has 3 nitrogen and oxygen atoms in total. The molecular formula is C15H22F2N2O. The number of benzene rings is 1. The van der Waals surface area contributed by atoms with E-state index in [4.69, 9.17) is 0 Å². The summed E-state index contributed by atoms with van der Waals surface area (Å²) in [6.45, 7) is 2.07. The molecule has 1 aliphatic rings. The van der Waals surface area contributed by atoms with Crippen molar-refractivity contribution in [2.45, 2.75) is 25.0 Å². The van der Waals surface area contributed by atoms with Crippen LogP contribution in [0.4, 0.5) is 8.78 Å². The highest BCUT2D eigenvalue weighted by Crippen LogP contribution is 2.22. The number of halogens is 2. The van der Waals surface area contributed by atoms with E-state index in [1.54, 1.807) is 0 Å². The minimum atomic E-state index is -0.994. The minimum absolute atomic E-state index is 0.0389. The molecule has 1 saturated heterocycles. The zero-order valence-electron chi connectivity index (χ0n) is 12.0. The molecule has 1 N–H and O–H groups in total. The topological polar surface area (TPSA) is 26.7 Å². The molecule has 2 atom stereocenters. The van der Waals surface area contributed by atoms with Gasteiger partial charge >= 0.3 is 0 Å². The largest absolute Gasteiger partial charge is 0.387 e. The van der Waals surface area contributed by atoms with Gasteiger partial charge in [-0.25, -0.2) is 8.78 Å². The Bertz CT molecular complexity index is 453. The first-order chi connectivity index (χ1) is 9.49. The Morgan fingerprint density at radius 3 is 2.85 bits per heavy atom. The number of likely N-dealkylation sites (tertiary alicyclic amines) is 1. The molecule has 2 unspecified atom stereocenters. The lowest BCUT2D eigenvalue weighted by Gasteiger charge is -2.37. The highest BCUT2D eigenvalue weighted by atomic mass is 19.2. The molecule has 0 aliphatic carbocycles. The van der Waals surface area contributed by atoms with E-state index in [1.807, 2.05) is 14.1 Å². The van der Waals surface area contributed by atoms with Gasteiger partial charge in [-0.3, -0.25) is 4.90 Å². The number of hydrogen-bond donors (Lipinski definition) is 1. The van der Waals surface area contributed by atoms with Crippen molar-refractivity contribution in [1.29, 1.82) is 0 Å². The molecule has 1 aromatic rings. The third-order valence-electron chi connectivity index (χ3n) is 3.98. The predicted molar refractivity (Wildman–Crippen MR) is 74.5 cm³/mol. The zero-order valence-corrected chi connectivity index (χ0v) is 12.0. The summed E-state index contributed by atoms with van der Waals surface area (Å²) in [6.07, 6.45) is 1.20. The van der Waals surface area contributed by atoms with Crippen molar-refractivity contribution < 1.29 is 13.9 Å². The molecule has 2 rings (SSSR count). The van der Waals surface area contributed by atoms with E-state index in [9.17, 15) is 13.9 Å². The Balaban J connectivity index is 2.00. The Morgan fingerprint density at radius 1 is 1.40 bits per heavy atom. The summed E-state index contributed by atoms with van der Waals surface area (Å²) < 4.78 is 26.8. The van der Waals surface area contributed by atoms with Crippen LogP contribution in [0.5, 0.6) is 0 Å². The van der Waals surface area contributed by atoms with Gasteiger partial charge < -0.3 is 10.0 Å². The molecule has 0 radical (unpaired) electrons. The zero-order chi connectivity index (χ0) is 14.7. The number of aliphatic hydroxyl groups is 1. The van der Waals surface area contributed by atoms with Gasteiger partial charge in [-0.2, -0.15) is 0 Å². The van der Waals surface area contributed by atoms with Crippen LogP contribution < -0.4 is 0 Å². The van der Waals surface area contributed by atoms with Crippen LogP contribution >= 0.6 is 0 Å². The molecule has 1 aliphatic heterocycles. The molecule has 0 amide bonds. The molecular weight excluding hydrogens is 262 g/mol. The molecule has 1 heterocycles. The van der Waals surface area contributed by atoms with Crippen LogP contribution in [0.15, 0.2) is 18.2 Å². The Kier molecular flexibility index (Phi) is 5.07. The van der Waals surface area contributed by atoms with Crippen molar-refractivity contribution >= 4 is 0 Å². The number of rotatable bonds is 4. The van der Waals surface area contributed by atoms with Gasteiger partial charge in [-0.15, -0.1) is 0 Å². The summed E-state index contributed by atoms with van der Waals surface area (Å²) >= 11 is 0. The van der Waals surface area contributed by atoms with Crippen LogP contribution in [-0.2, 0) is 0 Å². The summed E-state index contributed by atoms with van der Waals surface area (Å²) in [4.78, 5) is 4.28. The normalized spacial score (nSPS) is 22.2. The maximum Gasteiger partial charge on any atom is 0.164 e. The quantitative estimate of drug-likeness (QED) is 0.916. The van der Waals surface area contributed by atoms with Gasteiger partial charge in [0, 0.05) is 24.7 Å². The lowest BCUT2D eigenvalue weighted by molar-refractivity contribution is 0.0702. The van der Waals surface area contributed by atoms with Crippen molar-refractivity contribution in [3.63, 3.8) is 0 Å². The standard InChI is InChI=1S/C15H22F2N2O/c1-18(2)11-5-4-8-19(9-11)10-14(20)12-6-3-7-13(16)15(12)17/h3,6-7,11,14,20H,4-5,8-10H2,1-2H3. The number of piperidine rings is 1. The highest BCUT2D eigenvalue weighted by molar-refractivity contribution is 5.21. The van der Waals surface area contributed by atoms with Crippen LogP contribution in [0.1, 0.15) is 24.5 Å². The van der Waals surface area contributed by atoms with Crippen molar-refractivity contribution in [2.75, 3.05) is 33.7 Å². The number of β-amino-alcohol motifs (C(OH)–C–C–N with tert-alkyl or cyclic N) is 1. The number of nitrogens with zero attached hydrogens (tertiary/aromatic N) is 2. The van der Waals surface area contributed by atoms with E-state index in [0.29, 0.717) is 12.6 Å². The molecule has 1 aromatic carbocycles. The summed E-state index contributed by atoms with van der Waals surface area (Å²) in [5.74, 6) is -1.85. The molecule has 0 saturated carbocycles. The van der Waals surface area contributed by atoms with Gasteiger partial charge in [0.15, 0.2) is 11.6 Å². The van der Waals surface area contributed by atoms with E-state index in [0.717, 1.165) is 32.0 Å². The van der Waals surface area contributed by atoms with Gasteiger partial charge in [-0.1, -0.05) is 12.1 Å². The van der Waals surface area contributed by atoms with Crippen molar-refractivity contribution in [1.82, 2.24) is 9.80 Å². The van der Waals surface area contributed by atoms with Crippen LogP contribution in [-0.4, -0.2) is 54.7 Å². The maximum absolute atomic E-state index is 13.6. The van der Waals surface area contributed by atoms with E-state index in [2.05, 4.69) is 9.80 Å². The Hall–Kier alpha value is -1.04. The lowest BCUT2D eigenvalue weighted by atomic mass is 10.0. The summed E-state index contributed by atoms with van der Waals surface area (Å²) in [5.41, 5.74) is 0.0389. The average Bonchev–Trinajstić information content (AvgIpc) is 2.42. The summed E-state index contributed by atoms with van der Waals surface area (Å²) in [7, 11) is 4.08. The van der Waals surface area contributed by atoms with Gasteiger partial charge in [-0.05, 0) is 39.5 Å². The second-order valence-electron chi connectivity index (χ2n) is 5.68. The van der Waals surface area contributed by atoms with E-state index in [1.165, 1.54) is 12.1 Å². The first-order valence-electron chi connectivity index (χ1n) is 6.99. The van der Waals surface area contributed by atoms with Gasteiger partial charge in [0.25, 0.3) is 0 Å². The monoisotopic (exact) mass is 284 g/mol. The molecule has 5 heteroatoms. The summed E-state index contributed by atoms with van der Waals surface area (Å²) in [5, 5.41) is 10.1. The van der Waals surface area contributed by atoms with E-state index < -0.39 is 17.7 Å². The minimum Gasteiger partial charge on any atom is -0.387 e. The van der Waals surface area contributed by atoms with E-state index >= 15 is 0 Å². The van der Waals surface area contributed by atoms with Gasteiger partial charge in [0.2, 0.25) is 0 Å². The number of hydrogen-bond acceptors (Lipinski definition) is 3. The van der Waals surface area contributed by atoms with Crippen molar-refractivity contribution in [2.24, 2.45) is 0 Å². The lowest BCUT2D eigenvalue weighted by Crippen LogP contribution is -2.46. The Labute approximate surface area is 118 Å². The second-order valence-corrected chi connectivity index (χ2v) is 5.68. The average molecular weight is 284 g/mol. The smallest absolute Gasteiger partial charge is 0.164 e. The molecule has 0 spiro atoms. The number of likely N-dealkylation sites (N-methyl/N-ethyl adjacent to an activating group) is 1. The van der Waals surface area contributed by atoms with Crippen LogP contribution in [0.25, 0.3) is 0 Å². The fraction of sp³-hybridized carbons (Fsp3) is 0.600. The van der Waals surface area contributed by atoms with Crippen molar-refractivity contribution in [3.05, 3.63) is 35.4 Å². The second kappa shape index (κ2) is 6.61.